The Hall–Kier alpha value is -3.74. The topological polar surface area (TPSA) is 145 Å². The molecule has 5 atom stereocenters. The number of carbonyl (C=O) groups is 3. The number of carbonyl (C=O) groups excluding carboxylic acids is 3. The Kier molecular flexibility index (Phi) is 8.96. The Labute approximate surface area is 280 Å². The third kappa shape index (κ3) is 6.07. The lowest BCUT2D eigenvalue weighted by Crippen LogP contribution is -2.46. The number of amides is 3. The van der Waals surface area contributed by atoms with E-state index < -0.39 is 31.5 Å². The first-order chi connectivity index (χ1) is 22.3. The van der Waals surface area contributed by atoms with E-state index in [2.05, 4.69) is 5.32 Å². The molecule has 3 amide bonds. The minimum atomic E-state index is -2.99. The van der Waals surface area contributed by atoms with Gasteiger partial charge in [-0.3, -0.25) is 14.4 Å². The van der Waals surface area contributed by atoms with Gasteiger partial charge in [0, 0.05) is 45.5 Å². The standard InChI is InChI=1S/C35H41ClN4O6Si/c1-21-32(47(2,3)45)30(18-31(42)39-15-5-8-27(39)20-41)46-35(21)28-17-24(36)11-14-29(28)40(34(35)44)19-22-6-4-7-26(16-22)38-33(43)23-9-12-25(37)13-10-23/h4,6-7,9-14,16-17,21,27,30,32,41,45H,5,8,15,18-20,37H2,1-3H3,(H,38,43)/t21-,27-,30+,32-,35+/m0/s1. The van der Waals surface area contributed by atoms with E-state index in [1.54, 1.807) is 58.3 Å². The molecule has 10 nitrogen and oxygen atoms in total. The first-order valence-electron chi connectivity index (χ1n) is 16.0. The van der Waals surface area contributed by atoms with Crippen LogP contribution in [-0.4, -0.2) is 66.1 Å². The van der Waals surface area contributed by atoms with Gasteiger partial charge in [-0.25, -0.2) is 0 Å². The Morgan fingerprint density at radius 2 is 1.87 bits per heavy atom. The van der Waals surface area contributed by atoms with Gasteiger partial charge in [0.15, 0.2) is 13.9 Å². The Morgan fingerprint density at radius 3 is 2.57 bits per heavy atom. The van der Waals surface area contributed by atoms with Crippen molar-refractivity contribution in [3.05, 3.63) is 88.4 Å². The van der Waals surface area contributed by atoms with E-state index >= 15 is 0 Å². The molecule has 3 aliphatic heterocycles. The molecule has 1 spiro atoms. The summed E-state index contributed by atoms with van der Waals surface area (Å²) < 4.78 is 6.80. The zero-order chi connectivity index (χ0) is 33.7. The van der Waals surface area contributed by atoms with Crippen molar-refractivity contribution in [2.75, 3.05) is 29.1 Å². The van der Waals surface area contributed by atoms with E-state index in [0.717, 1.165) is 18.4 Å². The maximum atomic E-state index is 14.7. The largest absolute Gasteiger partial charge is 0.432 e. The number of nitrogen functional groups attached to an aromatic ring is 1. The summed E-state index contributed by atoms with van der Waals surface area (Å²) in [6, 6.07) is 19.0. The zero-order valence-corrected chi connectivity index (χ0v) is 28.5. The second-order valence-electron chi connectivity index (χ2n) is 13.5. The highest BCUT2D eigenvalue weighted by Crippen LogP contribution is 2.60. The molecule has 0 aromatic heterocycles. The molecule has 3 aromatic rings. The van der Waals surface area contributed by atoms with Crippen LogP contribution in [0.3, 0.4) is 0 Å². The van der Waals surface area contributed by atoms with E-state index in [1.807, 2.05) is 38.2 Å². The van der Waals surface area contributed by atoms with Crippen molar-refractivity contribution in [2.45, 2.75) is 69.1 Å². The lowest BCUT2D eigenvalue weighted by Gasteiger charge is -2.32. The monoisotopic (exact) mass is 676 g/mol. The number of ether oxygens (including phenoxy) is 1. The van der Waals surface area contributed by atoms with Crippen molar-refractivity contribution in [3.63, 3.8) is 0 Å². The summed E-state index contributed by atoms with van der Waals surface area (Å²) in [5.41, 5.74) is 7.52. The van der Waals surface area contributed by atoms with Gasteiger partial charge in [-0.1, -0.05) is 30.7 Å². The molecule has 0 aliphatic carbocycles. The molecule has 0 radical (unpaired) electrons. The Bertz CT molecular complexity index is 1700. The van der Waals surface area contributed by atoms with Crippen LogP contribution < -0.4 is 16.0 Å². The molecule has 0 bridgehead atoms. The zero-order valence-electron chi connectivity index (χ0n) is 26.8. The highest BCUT2D eigenvalue weighted by atomic mass is 35.5. The number of fused-ring (bicyclic) bond motifs is 2. The van der Waals surface area contributed by atoms with Gasteiger partial charge in [0.05, 0.1) is 37.4 Å². The Morgan fingerprint density at radius 1 is 1.13 bits per heavy atom. The van der Waals surface area contributed by atoms with Gasteiger partial charge in [-0.05, 0) is 86.1 Å². The van der Waals surface area contributed by atoms with Gasteiger partial charge < -0.3 is 35.5 Å². The van der Waals surface area contributed by atoms with Crippen molar-refractivity contribution >= 4 is 54.7 Å². The van der Waals surface area contributed by atoms with Crippen LogP contribution in [0.4, 0.5) is 17.1 Å². The molecule has 2 fully saturated rings. The lowest BCUT2D eigenvalue weighted by molar-refractivity contribution is -0.150. The van der Waals surface area contributed by atoms with Crippen molar-refractivity contribution in [1.29, 1.82) is 0 Å². The van der Waals surface area contributed by atoms with Crippen LogP contribution in [0.25, 0.3) is 0 Å². The minimum Gasteiger partial charge on any atom is -0.432 e. The quantitative estimate of drug-likeness (QED) is 0.196. The van der Waals surface area contributed by atoms with E-state index in [4.69, 9.17) is 22.1 Å². The van der Waals surface area contributed by atoms with E-state index in [9.17, 15) is 24.3 Å². The number of benzene rings is 3. The van der Waals surface area contributed by atoms with Crippen molar-refractivity contribution in [2.24, 2.45) is 5.92 Å². The molecule has 2 saturated heterocycles. The van der Waals surface area contributed by atoms with Crippen LogP contribution in [0.1, 0.15) is 47.7 Å². The van der Waals surface area contributed by atoms with Gasteiger partial charge in [-0.15, -0.1) is 0 Å². The third-order valence-electron chi connectivity index (χ3n) is 9.93. The number of nitrogens with zero attached hydrogens (tertiary/aromatic N) is 2. The second-order valence-corrected chi connectivity index (χ2v) is 17.9. The summed E-state index contributed by atoms with van der Waals surface area (Å²) in [4.78, 5) is 56.1. The molecule has 5 N–H and O–H groups in total. The van der Waals surface area contributed by atoms with Crippen LogP contribution in [0.15, 0.2) is 66.7 Å². The molecule has 0 unspecified atom stereocenters. The van der Waals surface area contributed by atoms with Crippen LogP contribution in [0.5, 0.6) is 0 Å². The molecule has 3 aliphatic rings. The maximum Gasteiger partial charge on any atom is 0.264 e. The second kappa shape index (κ2) is 12.7. The number of likely N-dealkylation sites (tertiary alicyclic amines) is 1. The number of hydrogen-bond acceptors (Lipinski definition) is 7. The summed E-state index contributed by atoms with van der Waals surface area (Å²) in [7, 11) is -2.99. The van der Waals surface area contributed by atoms with Crippen LogP contribution in [-0.2, 0) is 26.5 Å². The number of nitrogens with two attached hydrogens (primary N) is 1. The molecule has 3 heterocycles. The summed E-state index contributed by atoms with van der Waals surface area (Å²) in [5, 5.41) is 13.2. The number of rotatable bonds is 8. The molecular formula is C35H41ClN4O6Si. The number of halogens is 1. The Balaban J connectivity index is 1.30. The molecular weight excluding hydrogens is 636 g/mol. The summed E-state index contributed by atoms with van der Waals surface area (Å²) in [5.74, 6) is -1.18. The molecule has 3 aromatic carbocycles. The van der Waals surface area contributed by atoms with Gasteiger partial charge in [0.25, 0.3) is 11.8 Å². The fourth-order valence-electron chi connectivity index (χ4n) is 7.82. The summed E-state index contributed by atoms with van der Waals surface area (Å²) in [6.07, 6.45) is 0.858. The average Bonchev–Trinajstić information content (AvgIpc) is 3.68. The molecule has 248 valence electrons. The molecule has 47 heavy (non-hydrogen) atoms. The first-order valence-corrected chi connectivity index (χ1v) is 19.4. The molecule has 6 rings (SSSR count). The van der Waals surface area contributed by atoms with Gasteiger partial charge in [0.1, 0.15) is 0 Å². The van der Waals surface area contributed by atoms with Crippen molar-refractivity contribution < 1.29 is 29.0 Å². The third-order valence-corrected chi connectivity index (χ3v) is 12.7. The van der Waals surface area contributed by atoms with Gasteiger partial charge >= 0.3 is 0 Å². The van der Waals surface area contributed by atoms with E-state index in [1.165, 1.54) is 0 Å². The van der Waals surface area contributed by atoms with Crippen LogP contribution in [0.2, 0.25) is 23.7 Å². The van der Waals surface area contributed by atoms with E-state index in [0.29, 0.717) is 39.8 Å². The highest BCUT2D eigenvalue weighted by Gasteiger charge is 2.66. The number of nitrogens with one attached hydrogen (secondary N) is 1. The van der Waals surface area contributed by atoms with Crippen molar-refractivity contribution in [3.8, 4) is 0 Å². The van der Waals surface area contributed by atoms with E-state index in [-0.39, 0.29) is 43.3 Å². The smallest absolute Gasteiger partial charge is 0.264 e. The van der Waals surface area contributed by atoms with Crippen LogP contribution >= 0.6 is 11.6 Å². The average molecular weight is 677 g/mol. The SMILES string of the molecule is C[C@H]1[C@H]([Si](C)(C)O)[C@@H](CC(=O)N2CCC[C@H]2CO)O[C@]12C(=O)N(Cc1cccc(NC(=O)c3ccc(N)cc3)c1)c1ccc(Cl)cc12. The fourth-order valence-corrected chi connectivity index (χ4v) is 10.5. The van der Waals surface area contributed by atoms with Gasteiger partial charge in [-0.2, -0.15) is 0 Å². The minimum absolute atomic E-state index is 0.00315. The molecule has 12 heteroatoms. The number of anilines is 3. The first kappa shape index (κ1) is 33.2. The van der Waals surface area contributed by atoms with Gasteiger partial charge in [0.2, 0.25) is 5.91 Å². The van der Waals surface area contributed by atoms with Crippen LogP contribution in [0, 0.1) is 5.92 Å². The number of aliphatic hydroxyl groups is 1. The number of hydrogen-bond donors (Lipinski definition) is 4. The maximum absolute atomic E-state index is 14.7. The van der Waals surface area contributed by atoms with Crippen molar-refractivity contribution in [1.82, 2.24) is 4.90 Å². The number of aliphatic hydroxyl groups excluding tert-OH is 1. The normalized spacial score (nSPS) is 25.4. The summed E-state index contributed by atoms with van der Waals surface area (Å²) in [6.45, 7) is 6.21. The molecule has 0 saturated carbocycles. The highest BCUT2D eigenvalue weighted by molar-refractivity contribution is 6.71. The predicted molar refractivity (Wildman–Crippen MR) is 183 cm³/mol. The summed E-state index contributed by atoms with van der Waals surface area (Å²) >= 11 is 6.52. The lowest BCUT2D eigenvalue weighted by atomic mass is 9.82. The fraction of sp³-hybridized carbons (Fsp3) is 0.400. The predicted octanol–water partition coefficient (Wildman–Crippen LogP) is 4.89.